The van der Waals surface area contributed by atoms with Gasteiger partial charge in [0, 0.05) is 19.5 Å². The number of hydrogen-bond donors (Lipinski definition) is 2. The van der Waals surface area contributed by atoms with Crippen LogP contribution in [0.1, 0.15) is 38.5 Å². The summed E-state index contributed by atoms with van der Waals surface area (Å²) in [6.07, 6.45) is 4.52. The normalized spacial score (nSPS) is 27.4. The SMILES string of the molecule is NC1(C(=O)N2CCC(CC(=O)O)C2)CCCC1. The highest BCUT2D eigenvalue weighted by atomic mass is 16.4. The quantitative estimate of drug-likeness (QED) is 0.756. The van der Waals surface area contributed by atoms with Crippen molar-refractivity contribution in [3.63, 3.8) is 0 Å². The van der Waals surface area contributed by atoms with Crippen LogP contribution in [-0.2, 0) is 9.59 Å². The zero-order valence-corrected chi connectivity index (χ0v) is 10.0. The Hall–Kier alpha value is -1.10. The molecule has 1 heterocycles. The summed E-state index contributed by atoms with van der Waals surface area (Å²) in [7, 11) is 0. The van der Waals surface area contributed by atoms with Gasteiger partial charge in [0.05, 0.1) is 5.54 Å². The van der Waals surface area contributed by atoms with Crippen LogP contribution in [0.3, 0.4) is 0 Å². The Morgan fingerprint density at radius 2 is 2.00 bits per heavy atom. The van der Waals surface area contributed by atoms with Crippen molar-refractivity contribution in [2.24, 2.45) is 11.7 Å². The van der Waals surface area contributed by atoms with E-state index < -0.39 is 11.5 Å². The smallest absolute Gasteiger partial charge is 0.303 e. The van der Waals surface area contributed by atoms with Crippen LogP contribution in [0.5, 0.6) is 0 Å². The van der Waals surface area contributed by atoms with Gasteiger partial charge < -0.3 is 15.7 Å². The highest BCUT2D eigenvalue weighted by molar-refractivity contribution is 5.86. The maximum Gasteiger partial charge on any atom is 0.303 e. The average Bonchev–Trinajstić information content (AvgIpc) is 2.86. The fourth-order valence-electron chi connectivity index (χ4n) is 2.97. The predicted octanol–water partition coefficient (Wildman–Crippen LogP) is 0.581. The number of carboxylic acids is 1. The highest BCUT2D eigenvalue weighted by Gasteiger charge is 2.41. The van der Waals surface area contributed by atoms with Crippen LogP contribution in [0.25, 0.3) is 0 Å². The van der Waals surface area contributed by atoms with E-state index >= 15 is 0 Å². The van der Waals surface area contributed by atoms with Gasteiger partial charge in [0.1, 0.15) is 0 Å². The Morgan fingerprint density at radius 3 is 2.59 bits per heavy atom. The molecule has 1 atom stereocenters. The molecule has 0 aromatic rings. The third-order valence-corrected chi connectivity index (χ3v) is 3.96. The molecule has 1 aliphatic carbocycles. The first kappa shape index (κ1) is 12.4. The van der Waals surface area contributed by atoms with Gasteiger partial charge in [0.2, 0.25) is 5.91 Å². The van der Waals surface area contributed by atoms with Crippen molar-refractivity contribution in [2.45, 2.75) is 44.1 Å². The molecule has 0 radical (unpaired) electrons. The van der Waals surface area contributed by atoms with Crippen molar-refractivity contribution in [1.29, 1.82) is 0 Å². The molecule has 17 heavy (non-hydrogen) atoms. The number of hydrogen-bond acceptors (Lipinski definition) is 3. The van der Waals surface area contributed by atoms with Gasteiger partial charge in [-0.15, -0.1) is 0 Å². The average molecular weight is 240 g/mol. The summed E-state index contributed by atoms with van der Waals surface area (Å²) < 4.78 is 0. The third-order valence-electron chi connectivity index (χ3n) is 3.96. The maximum absolute atomic E-state index is 12.3. The van der Waals surface area contributed by atoms with Crippen LogP contribution in [0.2, 0.25) is 0 Å². The lowest BCUT2D eigenvalue weighted by Gasteiger charge is -2.28. The summed E-state index contributed by atoms with van der Waals surface area (Å²) in [5.41, 5.74) is 5.45. The molecular weight excluding hydrogens is 220 g/mol. The van der Waals surface area contributed by atoms with E-state index in [0.717, 1.165) is 32.1 Å². The zero-order chi connectivity index (χ0) is 12.5. The Balaban J connectivity index is 1.91. The van der Waals surface area contributed by atoms with E-state index in [9.17, 15) is 9.59 Å². The van der Waals surface area contributed by atoms with Crippen molar-refractivity contribution in [2.75, 3.05) is 13.1 Å². The number of carbonyl (C=O) groups is 2. The lowest BCUT2D eigenvalue weighted by Crippen LogP contribution is -2.52. The number of rotatable bonds is 3. The molecule has 1 unspecified atom stereocenters. The van der Waals surface area contributed by atoms with E-state index in [4.69, 9.17) is 10.8 Å². The molecule has 1 saturated heterocycles. The maximum atomic E-state index is 12.3. The van der Waals surface area contributed by atoms with E-state index in [2.05, 4.69) is 0 Å². The second-order valence-corrected chi connectivity index (χ2v) is 5.37. The fraction of sp³-hybridized carbons (Fsp3) is 0.833. The van der Waals surface area contributed by atoms with Crippen molar-refractivity contribution in [1.82, 2.24) is 4.90 Å². The van der Waals surface area contributed by atoms with E-state index in [1.807, 2.05) is 0 Å². The van der Waals surface area contributed by atoms with Crippen molar-refractivity contribution in [3.8, 4) is 0 Å². The van der Waals surface area contributed by atoms with Crippen LogP contribution < -0.4 is 5.73 Å². The van der Waals surface area contributed by atoms with Gasteiger partial charge in [-0.1, -0.05) is 12.8 Å². The minimum absolute atomic E-state index is 0.0305. The molecule has 1 saturated carbocycles. The Bertz CT molecular complexity index is 324. The van der Waals surface area contributed by atoms with Crippen LogP contribution in [0, 0.1) is 5.92 Å². The van der Waals surface area contributed by atoms with E-state index in [1.54, 1.807) is 4.90 Å². The molecule has 1 aliphatic heterocycles. The number of nitrogens with zero attached hydrogens (tertiary/aromatic N) is 1. The number of nitrogens with two attached hydrogens (primary N) is 1. The molecule has 2 aliphatic rings. The van der Waals surface area contributed by atoms with Gasteiger partial charge in [-0.3, -0.25) is 9.59 Å². The summed E-state index contributed by atoms with van der Waals surface area (Å²) in [6, 6.07) is 0. The zero-order valence-electron chi connectivity index (χ0n) is 10.0. The van der Waals surface area contributed by atoms with Crippen LogP contribution in [0.15, 0.2) is 0 Å². The topological polar surface area (TPSA) is 83.6 Å². The lowest BCUT2D eigenvalue weighted by atomic mass is 9.97. The fourth-order valence-corrected chi connectivity index (χ4v) is 2.97. The van der Waals surface area contributed by atoms with E-state index in [-0.39, 0.29) is 18.2 Å². The Kier molecular flexibility index (Phi) is 3.38. The molecule has 5 heteroatoms. The van der Waals surface area contributed by atoms with Crippen molar-refractivity contribution in [3.05, 3.63) is 0 Å². The van der Waals surface area contributed by atoms with Gasteiger partial charge in [0.25, 0.3) is 0 Å². The molecule has 0 spiro atoms. The van der Waals surface area contributed by atoms with Crippen LogP contribution in [0.4, 0.5) is 0 Å². The van der Waals surface area contributed by atoms with Crippen molar-refractivity contribution < 1.29 is 14.7 Å². The molecule has 0 aromatic carbocycles. The standard InChI is InChI=1S/C12H20N2O3/c13-12(4-1-2-5-12)11(17)14-6-3-9(8-14)7-10(15)16/h9H,1-8,13H2,(H,15,16). The van der Waals surface area contributed by atoms with Crippen LogP contribution in [-0.4, -0.2) is 40.5 Å². The number of aliphatic carboxylic acids is 1. The molecule has 2 fully saturated rings. The van der Waals surface area contributed by atoms with Gasteiger partial charge in [-0.05, 0) is 25.2 Å². The van der Waals surface area contributed by atoms with E-state index in [0.29, 0.717) is 13.1 Å². The molecule has 3 N–H and O–H groups in total. The molecule has 2 rings (SSSR count). The number of likely N-dealkylation sites (tertiary alicyclic amines) is 1. The highest BCUT2D eigenvalue weighted by Crippen LogP contribution is 2.31. The summed E-state index contributed by atoms with van der Waals surface area (Å²) in [5.74, 6) is -0.656. The van der Waals surface area contributed by atoms with Crippen molar-refractivity contribution >= 4 is 11.9 Å². The lowest BCUT2D eigenvalue weighted by molar-refractivity contribution is -0.139. The summed E-state index contributed by atoms with van der Waals surface area (Å²) in [6.45, 7) is 1.22. The van der Waals surface area contributed by atoms with Gasteiger partial charge in [-0.2, -0.15) is 0 Å². The predicted molar refractivity (Wildman–Crippen MR) is 62.3 cm³/mol. The van der Waals surface area contributed by atoms with Gasteiger partial charge >= 0.3 is 5.97 Å². The first-order valence-electron chi connectivity index (χ1n) is 6.31. The van der Waals surface area contributed by atoms with Crippen LogP contribution >= 0.6 is 0 Å². The monoisotopic (exact) mass is 240 g/mol. The minimum atomic E-state index is -0.785. The first-order chi connectivity index (χ1) is 8.01. The van der Waals surface area contributed by atoms with Gasteiger partial charge in [-0.25, -0.2) is 0 Å². The Morgan fingerprint density at radius 1 is 1.35 bits per heavy atom. The summed E-state index contributed by atoms with van der Waals surface area (Å²) >= 11 is 0. The first-order valence-corrected chi connectivity index (χ1v) is 6.31. The summed E-state index contributed by atoms with van der Waals surface area (Å²) in [5, 5.41) is 8.73. The minimum Gasteiger partial charge on any atom is -0.481 e. The molecule has 5 nitrogen and oxygen atoms in total. The second-order valence-electron chi connectivity index (χ2n) is 5.37. The van der Waals surface area contributed by atoms with E-state index in [1.165, 1.54) is 0 Å². The third kappa shape index (κ3) is 2.60. The molecular formula is C12H20N2O3. The largest absolute Gasteiger partial charge is 0.481 e. The number of carbonyl (C=O) groups excluding carboxylic acids is 1. The molecule has 0 bridgehead atoms. The molecule has 0 aromatic heterocycles. The number of carboxylic acid groups (broad SMARTS) is 1. The molecule has 96 valence electrons. The number of amides is 1. The van der Waals surface area contributed by atoms with Gasteiger partial charge in [0.15, 0.2) is 0 Å². The second kappa shape index (κ2) is 4.64. The molecule has 1 amide bonds. The summed E-state index contributed by atoms with van der Waals surface area (Å²) in [4.78, 5) is 24.6. The Labute approximate surface area is 101 Å².